The van der Waals surface area contributed by atoms with Crippen LogP contribution in [0.1, 0.15) is 11.4 Å². The lowest BCUT2D eigenvalue weighted by atomic mass is 10.1. The van der Waals surface area contributed by atoms with Crippen molar-refractivity contribution in [2.24, 2.45) is 0 Å². The Balaban J connectivity index is 1.55. The van der Waals surface area contributed by atoms with E-state index in [-0.39, 0.29) is 11.6 Å². The molecule has 162 valence electrons. The Morgan fingerprint density at radius 1 is 0.875 bits per heavy atom. The molecular formula is C23H17F3N4OS. The summed E-state index contributed by atoms with van der Waals surface area (Å²) in [5, 5.41) is 11.1. The van der Waals surface area contributed by atoms with Gasteiger partial charge in [0, 0.05) is 12.1 Å². The van der Waals surface area contributed by atoms with Gasteiger partial charge in [-0.15, -0.1) is 10.2 Å². The average molecular weight is 454 g/mol. The summed E-state index contributed by atoms with van der Waals surface area (Å²) in [6.45, 7) is 0. The topological polar surface area (TPSA) is 59.8 Å². The summed E-state index contributed by atoms with van der Waals surface area (Å²) in [6, 6.07) is 18.8. The van der Waals surface area contributed by atoms with Crippen LogP contribution >= 0.6 is 11.8 Å². The summed E-state index contributed by atoms with van der Waals surface area (Å²) in [6.07, 6.45) is 0.398. The fourth-order valence-corrected chi connectivity index (χ4v) is 3.82. The van der Waals surface area contributed by atoms with Crippen LogP contribution in [0.4, 0.5) is 18.9 Å². The van der Waals surface area contributed by atoms with Gasteiger partial charge in [-0.25, -0.2) is 13.2 Å². The third-order valence-corrected chi connectivity index (χ3v) is 5.48. The first-order valence-corrected chi connectivity index (χ1v) is 10.6. The van der Waals surface area contributed by atoms with E-state index in [1.54, 1.807) is 16.7 Å². The second-order valence-corrected chi connectivity index (χ2v) is 7.75. The van der Waals surface area contributed by atoms with E-state index in [1.807, 2.05) is 30.3 Å². The van der Waals surface area contributed by atoms with E-state index in [0.717, 1.165) is 35.1 Å². The third kappa shape index (κ3) is 5.00. The second-order valence-electron chi connectivity index (χ2n) is 6.81. The molecule has 0 saturated carbocycles. The normalized spacial score (nSPS) is 10.8. The fourth-order valence-electron chi connectivity index (χ4n) is 3.05. The number of benzene rings is 3. The Bertz CT molecular complexity index is 1210. The van der Waals surface area contributed by atoms with Crippen molar-refractivity contribution >= 4 is 23.4 Å². The van der Waals surface area contributed by atoms with Gasteiger partial charge in [-0.2, -0.15) is 0 Å². The second kappa shape index (κ2) is 9.69. The number of nitrogens with one attached hydrogen (secondary N) is 1. The minimum atomic E-state index is -0.850. The van der Waals surface area contributed by atoms with Crippen molar-refractivity contribution in [3.05, 3.63) is 102 Å². The quantitative estimate of drug-likeness (QED) is 0.399. The van der Waals surface area contributed by atoms with Crippen LogP contribution in [0, 0.1) is 17.5 Å². The van der Waals surface area contributed by atoms with Gasteiger partial charge in [-0.3, -0.25) is 9.36 Å². The zero-order valence-corrected chi connectivity index (χ0v) is 17.5. The number of anilines is 1. The lowest BCUT2D eigenvalue weighted by molar-refractivity contribution is -0.113. The summed E-state index contributed by atoms with van der Waals surface area (Å²) in [4.78, 5) is 12.3. The summed E-state index contributed by atoms with van der Waals surface area (Å²) >= 11 is 1.09. The van der Waals surface area contributed by atoms with Crippen molar-refractivity contribution in [3.8, 4) is 5.69 Å². The van der Waals surface area contributed by atoms with Gasteiger partial charge in [0.15, 0.2) is 5.16 Å². The van der Waals surface area contributed by atoms with Crippen molar-refractivity contribution in [1.82, 2.24) is 14.8 Å². The lowest BCUT2D eigenvalue weighted by Crippen LogP contribution is -2.16. The molecule has 0 aliphatic carbocycles. The molecule has 0 radical (unpaired) electrons. The highest BCUT2D eigenvalue weighted by Gasteiger charge is 2.18. The van der Waals surface area contributed by atoms with Gasteiger partial charge in [-0.1, -0.05) is 48.2 Å². The number of hydrogen-bond donors (Lipinski definition) is 1. The minimum absolute atomic E-state index is 0.130. The molecule has 0 aliphatic rings. The molecule has 4 rings (SSSR count). The van der Waals surface area contributed by atoms with Crippen molar-refractivity contribution in [2.75, 3.05) is 11.1 Å². The molecule has 4 aromatic rings. The highest BCUT2D eigenvalue weighted by atomic mass is 32.2. The molecule has 5 nitrogen and oxygen atoms in total. The molecule has 0 saturated heterocycles. The van der Waals surface area contributed by atoms with Crippen LogP contribution < -0.4 is 5.32 Å². The maximum atomic E-state index is 13.8. The molecule has 1 heterocycles. The van der Waals surface area contributed by atoms with Crippen LogP contribution in [0.15, 0.2) is 78.0 Å². The van der Waals surface area contributed by atoms with Crippen LogP contribution in [0.3, 0.4) is 0 Å². The smallest absolute Gasteiger partial charge is 0.235 e. The highest BCUT2D eigenvalue weighted by molar-refractivity contribution is 7.99. The molecule has 0 bridgehead atoms. The van der Waals surface area contributed by atoms with E-state index in [2.05, 4.69) is 15.5 Å². The first-order chi connectivity index (χ1) is 15.5. The van der Waals surface area contributed by atoms with Gasteiger partial charge in [-0.05, 0) is 42.0 Å². The van der Waals surface area contributed by atoms with Gasteiger partial charge in [0.05, 0.1) is 5.75 Å². The Morgan fingerprint density at radius 2 is 1.56 bits per heavy atom. The van der Waals surface area contributed by atoms with Crippen molar-refractivity contribution in [1.29, 1.82) is 0 Å². The molecule has 1 aromatic heterocycles. The molecule has 0 spiro atoms. The number of amides is 1. The molecule has 0 unspecified atom stereocenters. The predicted molar refractivity (Wildman–Crippen MR) is 116 cm³/mol. The first kappa shape index (κ1) is 21.6. The molecule has 1 N–H and O–H groups in total. The molecule has 0 aliphatic heterocycles. The minimum Gasteiger partial charge on any atom is -0.320 e. The summed E-state index contributed by atoms with van der Waals surface area (Å²) in [5.41, 5.74) is 1.15. The zero-order valence-electron chi connectivity index (χ0n) is 16.6. The van der Waals surface area contributed by atoms with Gasteiger partial charge >= 0.3 is 0 Å². The maximum absolute atomic E-state index is 13.8. The Labute approximate surface area is 186 Å². The monoisotopic (exact) mass is 454 g/mol. The molecular weight excluding hydrogens is 437 g/mol. The lowest BCUT2D eigenvalue weighted by Gasteiger charge is -2.11. The number of carbonyl (C=O) groups excluding carboxylic acids is 1. The number of rotatable bonds is 7. The van der Waals surface area contributed by atoms with Crippen molar-refractivity contribution < 1.29 is 18.0 Å². The Hall–Kier alpha value is -3.59. The van der Waals surface area contributed by atoms with E-state index in [0.29, 0.717) is 17.4 Å². The van der Waals surface area contributed by atoms with Crippen LogP contribution in [-0.4, -0.2) is 26.4 Å². The fraction of sp³-hybridized carbons (Fsp3) is 0.0870. The molecule has 0 fully saturated rings. The largest absolute Gasteiger partial charge is 0.320 e. The van der Waals surface area contributed by atoms with Gasteiger partial charge in [0.2, 0.25) is 5.91 Å². The molecule has 3 aromatic carbocycles. The maximum Gasteiger partial charge on any atom is 0.235 e. The molecule has 32 heavy (non-hydrogen) atoms. The Kier molecular flexibility index (Phi) is 6.55. The first-order valence-electron chi connectivity index (χ1n) is 9.62. The number of aromatic nitrogens is 3. The van der Waals surface area contributed by atoms with Crippen molar-refractivity contribution in [2.45, 2.75) is 11.6 Å². The number of halogens is 3. The summed E-state index contributed by atoms with van der Waals surface area (Å²) in [5.74, 6) is -2.14. The number of nitrogens with zero attached hydrogens (tertiary/aromatic N) is 3. The summed E-state index contributed by atoms with van der Waals surface area (Å²) in [7, 11) is 0. The van der Waals surface area contributed by atoms with E-state index < -0.39 is 23.2 Å². The van der Waals surface area contributed by atoms with E-state index in [1.165, 1.54) is 18.2 Å². The average Bonchev–Trinajstić information content (AvgIpc) is 3.19. The third-order valence-electron chi connectivity index (χ3n) is 4.55. The predicted octanol–water partition coefficient (Wildman–Crippen LogP) is 5.01. The number of carbonyl (C=O) groups is 1. The molecule has 0 atom stereocenters. The standard InChI is InChI=1S/C23H17F3N4OS/c24-16-11-9-15(10-12-16)13-20-28-29-23(30(20)17-5-2-1-3-6-17)32-14-21(31)27-22-18(25)7-4-8-19(22)26/h1-12H,13-14H2,(H,27,31). The SMILES string of the molecule is O=C(CSc1nnc(Cc2ccc(F)cc2)n1-c1ccccc1)Nc1c(F)cccc1F. The number of para-hydroxylation sites is 2. The van der Waals surface area contributed by atoms with Gasteiger partial charge < -0.3 is 5.32 Å². The van der Waals surface area contributed by atoms with E-state index in [9.17, 15) is 18.0 Å². The molecule has 9 heteroatoms. The van der Waals surface area contributed by atoms with Gasteiger partial charge in [0.25, 0.3) is 0 Å². The number of thioether (sulfide) groups is 1. The van der Waals surface area contributed by atoms with Crippen LogP contribution in [0.25, 0.3) is 5.69 Å². The van der Waals surface area contributed by atoms with Crippen LogP contribution in [0.5, 0.6) is 0 Å². The molecule has 1 amide bonds. The Morgan fingerprint density at radius 3 is 2.25 bits per heavy atom. The van der Waals surface area contributed by atoms with Crippen LogP contribution in [0.2, 0.25) is 0 Å². The van der Waals surface area contributed by atoms with E-state index >= 15 is 0 Å². The van der Waals surface area contributed by atoms with Gasteiger partial charge in [0.1, 0.15) is 29.0 Å². The zero-order chi connectivity index (χ0) is 22.5. The highest BCUT2D eigenvalue weighted by Crippen LogP contribution is 2.24. The van der Waals surface area contributed by atoms with Crippen LogP contribution in [-0.2, 0) is 11.2 Å². The van der Waals surface area contributed by atoms with E-state index in [4.69, 9.17) is 0 Å². The summed E-state index contributed by atoms with van der Waals surface area (Å²) < 4.78 is 42.6. The van der Waals surface area contributed by atoms with Crippen molar-refractivity contribution in [3.63, 3.8) is 0 Å². The number of hydrogen-bond acceptors (Lipinski definition) is 4.